The number of benzene rings is 1. The van der Waals surface area contributed by atoms with Crippen molar-refractivity contribution in [3.05, 3.63) is 65.2 Å². The van der Waals surface area contributed by atoms with Crippen LogP contribution < -0.4 is 5.32 Å². The zero-order valence-corrected chi connectivity index (χ0v) is 15.8. The topological polar surface area (TPSA) is 81.1 Å². The molecule has 3 rings (SSSR count). The van der Waals surface area contributed by atoms with Crippen LogP contribution in [0.25, 0.3) is 10.6 Å². The third-order valence-electron chi connectivity index (χ3n) is 4.08. The Balaban J connectivity index is 1.87. The van der Waals surface area contributed by atoms with Gasteiger partial charge in [-0.1, -0.05) is 36.4 Å². The molecule has 2 aromatic heterocycles. The maximum atomic E-state index is 12.9. The van der Waals surface area contributed by atoms with Gasteiger partial charge < -0.3 is 5.32 Å². The number of aromatic nitrogens is 2. The molecule has 0 saturated heterocycles. The average molecular weight is 381 g/mol. The van der Waals surface area contributed by atoms with Crippen LogP contribution in [-0.4, -0.2) is 33.3 Å². The lowest BCUT2D eigenvalue weighted by Crippen LogP contribution is -2.44. The van der Waals surface area contributed by atoms with Gasteiger partial charge in [-0.3, -0.25) is 19.1 Å². The lowest BCUT2D eigenvalue weighted by atomic mass is 10.00. The highest BCUT2D eigenvalue weighted by molar-refractivity contribution is 7.13. The van der Waals surface area contributed by atoms with Gasteiger partial charge in [0, 0.05) is 26.6 Å². The first-order chi connectivity index (χ1) is 13.0. The maximum Gasteiger partial charge on any atom is 0.255 e. The van der Waals surface area contributed by atoms with Crippen molar-refractivity contribution in [1.29, 1.82) is 0 Å². The van der Waals surface area contributed by atoms with E-state index in [0.717, 1.165) is 10.4 Å². The number of amides is 1. The van der Waals surface area contributed by atoms with Gasteiger partial charge in [-0.15, -0.1) is 11.3 Å². The molecule has 1 atom stereocenters. The fraction of sp³-hybridized carbons (Fsp3) is 0.200. The standard InChI is InChI=1S/C20H19N3O3S/c1-13(24)19(25)16(11-14-7-4-3-5-8-14)21-20(26)15-12-23(2)22-18(15)17-9-6-10-27-17/h3-10,12,16H,11H2,1-2H3,(H,21,26). The number of rotatable bonds is 7. The van der Waals surface area contributed by atoms with Crippen molar-refractivity contribution in [3.63, 3.8) is 0 Å². The second-order valence-corrected chi connectivity index (χ2v) is 7.13. The number of nitrogens with zero attached hydrogens (tertiary/aromatic N) is 2. The normalized spacial score (nSPS) is 11.8. The van der Waals surface area contributed by atoms with Gasteiger partial charge in [0.25, 0.3) is 5.91 Å². The molecule has 27 heavy (non-hydrogen) atoms. The summed E-state index contributed by atoms with van der Waals surface area (Å²) in [6.45, 7) is 1.22. The van der Waals surface area contributed by atoms with Crippen LogP contribution >= 0.6 is 11.3 Å². The van der Waals surface area contributed by atoms with E-state index in [1.54, 1.807) is 17.9 Å². The van der Waals surface area contributed by atoms with Gasteiger partial charge in [-0.25, -0.2) is 0 Å². The van der Waals surface area contributed by atoms with Crippen LogP contribution in [0.15, 0.2) is 54.0 Å². The number of carbonyl (C=O) groups excluding carboxylic acids is 3. The molecular formula is C20H19N3O3S. The Morgan fingerprint density at radius 1 is 1.15 bits per heavy atom. The first kappa shape index (κ1) is 18.7. The summed E-state index contributed by atoms with van der Waals surface area (Å²) in [4.78, 5) is 37.7. The van der Waals surface area contributed by atoms with Crippen LogP contribution in [0.5, 0.6) is 0 Å². The van der Waals surface area contributed by atoms with Crippen molar-refractivity contribution >= 4 is 28.8 Å². The summed E-state index contributed by atoms with van der Waals surface area (Å²) in [5, 5.41) is 8.99. The van der Waals surface area contributed by atoms with E-state index in [1.165, 1.54) is 18.3 Å². The zero-order valence-electron chi connectivity index (χ0n) is 15.0. The highest BCUT2D eigenvalue weighted by Crippen LogP contribution is 2.26. The molecule has 0 radical (unpaired) electrons. The second kappa shape index (κ2) is 8.09. The van der Waals surface area contributed by atoms with Crippen molar-refractivity contribution in [2.24, 2.45) is 7.05 Å². The van der Waals surface area contributed by atoms with E-state index in [-0.39, 0.29) is 6.42 Å². The Kier molecular flexibility index (Phi) is 5.61. The van der Waals surface area contributed by atoms with Gasteiger partial charge in [0.05, 0.1) is 16.5 Å². The Morgan fingerprint density at radius 2 is 1.89 bits per heavy atom. The third-order valence-corrected chi connectivity index (χ3v) is 4.96. The van der Waals surface area contributed by atoms with Crippen LogP contribution in [0.2, 0.25) is 0 Å². The summed E-state index contributed by atoms with van der Waals surface area (Å²) in [7, 11) is 1.73. The first-order valence-electron chi connectivity index (χ1n) is 8.43. The number of hydrogen-bond donors (Lipinski definition) is 1. The molecule has 0 fully saturated rings. The van der Waals surface area contributed by atoms with Crippen molar-refractivity contribution < 1.29 is 14.4 Å². The van der Waals surface area contributed by atoms with E-state index in [0.29, 0.717) is 11.3 Å². The summed E-state index contributed by atoms with van der Waals surface area (Å²) in [5.74, 6) is -1.63. The number of ketones is 2. The molecule has 7 heteroatoms. The molecule has 1 unspecified atom stereocenters. The second-order valence-electron chi connectivity index (χ2n) is 6.18. The number of thiophene rings is 1. The van der Waals surface area contributed by atoms with Crippen LogP contribution in [-0.2, 0) is 23.1 Å². The fourth-order valence-corrected chi connectivity index (χ4v) is 3.51. The zero-order chi connectivity index (χ0) is 19.4. The van der Waals surface area contributed by atoms with Crippen molar-refractivity contribution in [3.8, 4) is 10.6 Å². The lowest BCUT2D eigenvalue weighted by molar-refractivity contribution is -0.136. The van der Waals surface area contributed by atoms with Crippen LogP contribution in [0.4, 0.5) is 0 Å². The molecular weight excluding hydrogens is 362 g/mol. The summed E-state index contributed by atoms with van der Waals surface area (Å²) in [6, 6.07) is 12.1. The van der Waals surface area contributed by atoms with Gasteiger partial charge in [-0.05, 0) is 17.0 Å². The molecule has 3 aromatic rings. The number of Topliss-reactive ketones (excluding diaryl/α,β-unsaturated/α-hetero) is 2. The molecule has 138 valence electrons. The van der Waals surface area contributed by atoms with Gasteiger partial charge in [0.1, 0.15) is 5.69 Å². The lowest BCUT2D eigenvalue weighted by Gasteiger charge is -2.16. The summed E-state index contributed by atoms with van der Waals surface area (Å²) < 4.78 is 1.56. The number of hydrogen-bond acceptors (Lipinski definition) is 5. The highest BCUT2D eigenvalue weighted by atomic mass is 32.1. The summed E-state index contributed by atoms with van der Waals surface area (Å²) in [6.07, 6.45) is 1.86. The molecule has 0 spiro atoms. The Bertz CT molecular complexity index is 962. The van der Waals surface area contributed by atoms with Crippen molar-refractivity contribution in [2.45, 2.75) is 19.4 Å². The summed E-state index contributed by atoms with van der Waals surface area (Å²) in [5.41, 5.74) is 1.79. The van der Waals surface area contributed by atoms with Crippen LogP contribution in [0.1, 0.15) is 22.8 Å². The van der Waals surface area contributed by atoms with E-state index < -0.39 is 23.5 Å². The van der Waals surface area contributed by atoms with Gasteiger partial charge in [0.15, 0.2) is 5.78 Å². The molecule has 1 N–H and O–H groups in total. The molecule has 0 bridgehead atoms. The smallest absolute Gasteiger partial charge is 0.255 e. The fourth-order valence-electron chi connectivity index (χ4n) is 2.79. The van der Waals surface area contributed by atoms with Crippen LogP contribution in [0, 0.1) is 0 Å². The Labute approximate surface area is 160 Å². The Hall–Kier alpha value is -3.06. The number of carbonyl (C=O) groups is 3. The monoisotopic (exact) mass is 381 g/mol. The molecule has 0 aliphatic heterocycles. The molecule has 2 heterocycles. The molecule has 1 amide bonds. The maximum absolute atomic E-state index is 12.9. The SMILES string of the molecule is CC(=O)C(=O)C(Cc1ccccc1)NC(=O)c1cn(C)nc1-c1cccs1. The molecule has 0 aliphatic rings. The molecule has 0 saturated carbocycles. The van der Waals surface area contributed by atoms with Gasteiger partial charge in [-0.2, -0.15) is 5.10 Å². The quantitative estimate of drug-likeness (QED) is 0.638. The van der Waals surface area contributed by atoms with Crippen LogP contribution in [0.3, 0.4) is 0 Å². The van der Waals surface area contributed by atoms with E-state index in [1.807, 2.05) is 47.8 Å². The van der Waals surface area contributed by atoms with E-state index in [2.05, 4.69) is 10.4 Å². The largest absolute Gasteiger partial charge is 0.341 e. The van der Waals surface area contributed by atoms with Gasteiger partial charge in [0.2, 0.25) is 5.78 Å². The molecule has 1 aromatic carbocycles. The Morgan fingerprint density at radius 3 is 2.52 bits per heavy atom. The van der Waals surface area contributed by atoms with E-state index >= 15 is 0 Å². The van der Waals surface area contributed by atoms with E-state index in [9.17, 15) is 14.4 Å². The number of nitrogens with one attached hydrogen (secondary N) is 1. The minimum Gasteiger partial charge on any atom is -0.341 e. The minimum atomic E-state index is -0.922. The predicted octanol–water partition coefficient (Wildman–Crippen LogP) is 2.65. The third kappa shape index (κ3) is 4.38. The van der Waals surface area contributed by atoms with Crippen molar-refractivity contribution in [1.82, 2.24) is 15.1 Å². The highest BCUT2D eigenvalue weighted by Gasteiger charge is 2.27. The van der Waals surface area contributed by atoms with E-state index in [4.69, 9.17) is 0 Å². The average Bonchev–Trinajstić information content (AvgIpc) is 3.30. The predicted molar refractivity (Wildman–Crippen MR) is 104 cm³/mol. The summed E-state index contributed by atoms with van der Waals surface area (Å²) >= 11 is 1.48. The first-order valence-corrected chi connectivity index (χ1v) is 9.30. The molecule has 6 nitrogen and oxygen atoms in total. The minimum absolute atomic E-state index is 0.250. The van der Waals surface area contributed by atoms with Crippen molar-refractivity contribution in [2.75, 3.05) is 0 Å². The molecule has 0 aliphatic carbocycles. The number of aryl methyl sites for hydroxylation is 1. The van der Waals surface area contributed by atoms with Gasteiger partial charge >= 0.3 is 0 Å².